The van der Waals surface area contributed by atoms with Crippen molar-refractivity contribution >= 4 is 16.1 Å². The first kappa shape index (κ1) is 16.1. The molecular weight excluding hydrogens is 246 g/mol. The average molecular weight is 265 g/mol. The fourth-order valence-electron chi connectivity index (χ4n) is 0.999. The van der Waals surface area contributed by atoms with E-state index in [1.165, 1.54) is 5.06 Å². The van der Waals surface area contributed by atoms with Gasteiger partial charge in [-0.15, -0.1) is 5.06 Å². The third-order valence-corrected chi connectivity index (χ3v) is 2.93. The third kappa shape index (κ3) is 7.89. The number of hydrogen-bond donors (Lipinski definition) is 1. The lowest BCUT2D eigenvalue weighted by Gasteiger charge is -2.19. The van der Waals surface area contributed by atoms with Crippen LogP contribution in [0.4, 0.5) is 0 Å². The van der Waals surface area contributed by atoms with Gasteiger partial charge >= 0.3 is 5.97 Å². The number of hydroxylamine groups is 2. The SMILES string of the molecule is CC=C(C)C(=O)ON(CC)CCCS(=O)(=O)O. The van der Waals surface area contributed by atoms with Crippen LogP contribution >= 0.6 is 0 Å². The predicted molar refractivity (Wildman–Crippen MR) is 63.8 cm³/mol. The highest BCUT2D eigenvalue weighted by molar-refractivity contribution is 7.85. The number of allylic oxidation sites excluding steroid dienone is 1. The molecule has 0 rings (SSSR count). The van der Waals surface area contributed by atoms with E-state index in [4.69, 9.17) is 9.39 Å². The summed E-state index contributed by atoms with van der Waals surface area (Å²) in [4.78, 5) is 16.4. The summed E-state index contributed by atoms with van der Waals surface area (Å²) in [6.45, 7) is 5.86. The lowest BCUT2D eigenvalue weighted by molar-refractivity contribution is -0.184. The zero-order chi connectivity index (χ0) is 13.5. The molecule has 0 fully saturated rings. The van der Waals surface area contributed by atoms with Gasteiger partial charge < -0.3 is 4.84 Å². The molecule has 0 heterocycles. The average Bonchev–Trinajstić information content (AvgIpc) is 2.24. The van der Waals surface area contributed by atoms with Crippen molar-refractivity contribution < 1.29 is 22.6 Å². The first-order valence-electron chi connectivity index (χ1n) is 5.35. The highest BCUT2D eigenvalue weighted by atomic mass is 32.2. The van der Waals surface area contributed by atoms with E-state index < -0.39 is 16.1 Å². The van der Waals surface area contributed by atoms with Crippen molar-refractivity contribution in [1.29, 1.82) is 0 Å². The number of hydrogen-bond acceptors (Lipinski definition) is 5. The first-order chi connectivity index (χ1) is 7.80. The summed E-state index contributed by atoms with van der Waals surface area (Å²) in [6.07, 6.45) is 1.84. The second-order valence-corrected chi connectivity index (χ2v) is 5.08. The Morgan fingerprint density at radius 1 is 1.47 bits per heavy atom. The van der Waals surface area contributed by atoms with Crippen molar-refractivity contribution in [3.05, 3.63) is 11.6 Å². The summed E-state index contributed by atoms with van der Waals surface area (Å²) in [6, 6.07) is 0. The van der Waals surface area contributed by atoms with Crippen LogP contribution in [0.2, 0.25) is 0 Å². The summed E-state index contributed by atoms with van der Waals surface area (Å²) in [5, 5.41) is 1.36. The van der Waals surface area contributed by atoms with E-state index in [2.05, 4.69) is 0 Å². The molecule has 7 heteroatoms. The van der Waals surface area contributed by atoms with Gasteiger partial charge in [-0.2, -0.15) is 8.42 Å². The Morgan fingerprint density at radius 2 is 2.06 bits per heavy atom. The second kappa shape index (κ2) is 7.41. The standard InChI is InChI=1S/C10H19NO5S/c1-4-9(3)10(12)16-11(5-2)7-6-8-17(13,14)15/h4H,5-8H2,1-3H3,(H,13,14,15). The summed E-state index contributed by atoms with van der Waals surface area (Å²) in [5.74, 6) is -0.801. The molecule has 0 aromatic heterocycles. The fourth-order valence-corrected chi connectivity index (χ4v) is 1.49. The van der Waals surface area contributed by atoms with Crippen LogP contribution in [0.3, 0.4) is 0 Å². The van der Waals surface area contributed by atoms with Crippen LogP contribution in [0.25, 0.3) is 0 Å². The number of carbonyl (C=O) groups excluding carboxylic acids is 1. The molecule has 0 unspecified atom stereocenters. The molecule has 0 aliphatic rings. The van der Waals surface area contributed by atoms with Gasteiger partial charge in [0.05, 0.1) is 5.75 Å². The number of nitrogens with zero attached hydrogens (tertiary/aromatic N) is 1. The van der Waals surface area contributed by atoms with E-state index in [-0.39, 0.29) is 18.7 Å². The largest absolute Gasteiger partial charge is 0.364 e. The van der Waals surface area contributed by atoms with Crippen LogP contribution in [0, 0.1) is 0 Å². The zero-order valence-electron chi connectivity index (χ0n) is 10.3. The topological polar surface area (TPSA) is 83.9 Å². The van der Waals surface area contributed by atoms with E-state index in [1.807, 2.05) is 0 Å². The molecule has 0 aliphatic heterocycles. The monoisotopic (exact) mass is 265 g/mol. The van der Waals surface area contributed by atoms with Crippen molar-refractivity contribution in [2.75, 3.05) is 18.8 Å². The maximum Gasteiger partial charge on any atom is 0.352 e. The Kier molecular flexibility index (Phi) is 7.01. The Bertz CT molecular complexity index is 374. The lowest BCUT2D eigenvalue weighted by atomic mass is 10.3. The quantitative estimate of drug-likeness (QED) is 0.420. The number of carbonyl (C=O) groups is 1. The van der Waals surface area contributed by atoms with Gasteiger partial charge in [-0.05, 0) is 27.2 Å². The van der Waals surface area contributed by atoms with Crippen LogP contribution in [0.15, 0.2) is 11.6 Å². The third-order valence-electron chi connectivity index (χ3n) is 2.13. The van der Waals surface area contributed by atoms with Gasteiger partial charge in [0, 0.05) is 18.7 Å². The van der Waals surface area contributed by atoms with Gasteiger partial charge in [0.25, 0.3) is 10.1 Å². The molecule has 6 nitrogen and oxygen atoms in total. The van der Waals surface area contributed by atoms with E-state index in [9.17, 15) is 13.2 Å². The van der Waals surface area contributed by atoms with Crippen LogP contribution in [0.1, 0.15) is 27.2 Å². The molecule has 1 N–H and O–H groups in total. The van der Waals surface area contributed by atoms with Crippen LogP contribution in [-0.2, 0) is 19.8 Å². The summed E-state index contributed by atoms with van der Waals surface area (Å²) >= 11 is 0. The van der Waals surface area contributed by atoms with Crippen LogP contribution < -0.4 is 0 Å². The van der Waals surface area contributed by atoms with Gasteiger partial charge in [-0.3, -0.25) is 4.55 Å². The van der Waals surface area contributed by atoms with Gasteiger partial charge in [0.1, 0.15) is 0 Å². The normalized spacial score (nSPS) is 12.9. The highest BCUT2D eigenvalue weighted by Crippen LogP contribution is 2.01. The Balaban J connectivity index is 4.14. The molecule has 100 valence electrons. The van der Waals surface area contributed by atoms with E-state index in [0.29, 0.717) is 12.1 Å². The van der Waals surface area contributed by atoms with E-state index >= 15 is 0 Å². The molecule has 0 amide bonds. The minimum absolute atomic E-state index is 0.203. The van der Waals surface area contributed by atoms with Crippen molar-refractivity contribution in [2.24, 2.45) is 0 Å². The minimum atomic E-state index is -3.96. The number of rotatable bonds is 7. The second-order valence-electron chi connectivity index (χ2n) is 3.51. The molecule has 0 saturated carbocycles. The zero-order valence-corrected chi connectivity index (χ0v) is 11.2. The Morgan fingerprint density at radius 3 is 2.47 bits per heavy atom. The van der Waals surface area contributed by atoms with Crippen molar-refractivity contribution in [2.45, 2.75) is 27.2 Å². The van der Waals surface area contributed by atoms with Gasteiger partial charge in [-0.1, -0.05) is 6.08 Å². The van der Waals surface area contributed by atoms with E-state index in [0.717, 1.165) is 0 Å². The fraction of sp³-hybridized carbons (Fsp3) is 0.700. The van der Waals surface area contributed by atoms with Gasteiger partial charge in [0.15, 0.2) is 0 Å². The maximum absolute atomic E-state index is 11.4. The summed E-state index contributed by atoms with van der Waals surface area (Å²) in [5.41, 5.74) is 0.484. The Labute approximate surface area is 102 Å². The Hall–Kier alpha value is -0.920. The molecule has 0 aromatic carbocycles. The molecule has 0 saturated heterocycles. The molecule has 0 aromatic rings. The highest BCUT2D eigenvalue weighted by Gasteiger charge is 2.12. The van der Waals surface area contributed by atoms with Gasteiger partial charge in [0.2, 0.25) is 0 Å². The summed E-state index contributed by atoms with van der Waals surface area (Å²) in [7, 11) is -3.96. The maximum atomic E-state index is 11.4. The van der Waals surface area contributed by atoms with E-state index in [1.54, 1.807) is 26.8 Å². The first-order valence-corrected chi connectivity index (χ1v) is 6.96. The van der Waals surface area contributed by atoms with Crippen molar-refractivity contribution in [3.8, 4) is 0 Å². The van der Waals surface area contributed by atoms with Crippen molar-refractivity contribution in [1.82, 2.24) is 5.06 Å². The lowest BCUT2D eigenvalue weighted by Crippen LogP contribution is -2.29. The predicted octanol–water partition coefficient (Wildman–Crippen LogP) is 1.01. The molecule has 0 radical (unpaired) electrons. The van der Waals surface area contributed by atoms with Gasteiger partial charge in [-0.25, -0.2) is 4.79 Å². The smallest absolute Gasteiger partial charge is 0.352 e. The molecule has 0 aliphatic carbocycles. The van der Waals surface area contributed by atoms with Crippen molar-refractivity contribution in [3.63, 3.8) is 0 Å². The molecule has 0 spiro atoms. The minimum Gasteiger partial charge on any atom is -0.364 e. The molecule has 0 bridgehead atoms. The summed E-state index contributed by atoms with van der Waals surface area (Å²) < 4.78 is 29.5. The van der Waals surface area contributed by atoms with Crippen LogP contribution in [-0.4, -0.2) is 42.8 Å². The molecule has 0 atom stereocenters. The molecular formula is C10H19NO5S. The van der Waals surface area contributed by atoms with Crippen LogP contribution in [0.5, 0.6) is 0 Å². The molecule has 17 heavy (non-hydrogen) atoms.